The van der Waals surface area contributed by atoms with Crippen LogP contribution in [0.25, 0.3) is 0 Å². The van der Waals surface area contributed by atoms with Gasteiger partial charge in [-0.05, 0) is 6.92 Å². The first-order valence-corrected chi connectivity index (χ1v) is 6.52. The van der Waals surface area contributed by atoms with Gasteiger partial charge in [-0.2, -0.15) is 5.10 Å². The molecule has 0 atom stereocenters. The smallest absolute Gasteiger partial charge is 0.233 e. The molecule has 2 N–H and O–H groups in total. The number of sulfonamides is 1. The summed E-state index contributed by atoms with van der Waals surface area (Å²) in [6.07, 6.45) is 1.60. The van der Waals surface area contributed by atoms with Crippen LogP contribution in [0, 0.1) is 0 Å². The average Bonchev–Trinajstić information content (AvgIpc) is 2.50. The van der Waals surface area contributed by atoms with E-state index < -0.39 is 10.0 Å². The summed E-state index contributed by atoms with van der Waals surface area (Å²) in [5, 5.41) is 7.22. The van der Waals surface area contributed by atoms with Gasteiger partial charge in [0.15, 0.2) is 0 Å². The molecule has 1 aliphatic heterocycles. The molecule has 1 aromatic heterocycles. The standard InChI is InChI=1S/C8H14N4O2S/c1-2-15(13,14)11-8-3-4-10-12(8)7-5-9-6-7/h3-4,7,9,11H,2,5-6H2,1H3. The first-order valence-electron chi connectivity index (χ1n) is 4.87. The van der Waals surface area contributed by atoms with Gasteiger partial charge in [-0.25, -0.2) is 13.1 Å². The van der Waals surface area contributed by atoms with Crippen LogP contribution in [0.2, 0.25) is 0 Å². The molecule has 0 amide bonds. The van der Waals surface area contributed by atoms with Crippen LogP contribution < -0.4 is 10.0 Å². The third-order valence-corrected chi connectivity index (χ3v) is 3.70. The second-order valence-corrected chi connectivity index (χ2v) is 5.49. The van der Waals surface area contributed by atoms with Gasteiger partial charge in [0.05, 0.1) is 18.0 Å². The molecule has 0 saturated carbocycles. The Balaban J connectivity index is 2.18. The third-order valence-electron chi connectivity index (χ3n) is 2.42. The second-order valence-electron chi connectivity index (χ2n) is 3.48. The number of nitrogens with zero attached hydrogens (tertiary/aromatic N) is 2. The molecule has 0 aliphatic carbocycles. The minimum Gasteiger partial charge on any atom is -0.312 e. The molecule has 0 radical (unpaired) electrons. The zero-order valence-corrected chi connectivity index (χ0v) is 9.29. The minimum absolute atomic E-state index is 0.0705. The number of aromatic nitrogens is 2. The maximum atomic E-state index is 11.4. The van der Waals surface area contributed by atoms with Crippen LogP contribution in [0.5, 0.6) is 0 Å². The highest BCUT2D eigenvalue weighted by Crippen LogP contribution is 2.18. The maximum absolute atomic E-state index is 11.4. The zero-order chi connectivity index (χ0) is 10.9. The van der Waals surface area contributed by atoms with Crippen LogP contribution in [-0.4, -0.2) is 37.0 Å². The van der Waals surface area contributed by atoms with Crippen molar-refractivity contribution in [3.63, 3.8) is 0 Å². The van der Waals surface area contributed by atoms with Gasteiger partial charge in [0, 0.05) is 19.2 Å². The van der Waals surface area contributed by atoms with Crippen molar-refractivity contribution < 1.29 is 8.42 Å². The largest absolute Gasteiger partial charge is 0.312 e. The molecule has 2 heterocycles. The molecule has 1 saturated heterocycles. The lowest BCUT2D eigenvalue weighted by atomic mass is 10.2. The van der Waals surface area contributed by atoms with Crippen LogP contribution in [-0.2, 0) is 10.0 Å². The number of rotatable bonds is 4. The summed E-state index contributed by atoms with van der Waals surface area (Å²) in [5.41, 5.74) is 0. The fourth-order valence-electron chi connectivity index (χ4n) is 1.36. The fourth-order valence-corrected chi connectivity index (χ4v) is 1.99. The Labute approximate surface area is 88.7 Å². The van der Waals surface area contributed by atoms with Crippen molar-refractivity contribution in [2.75, 3.05) is 23.6 Å². The maximum Gasteiger partial charge on any atom is 0.233 e. The molecule has 0 aromatic carbocycles. The van der Waals surface area contributed by atoms with E-state index in [1.165, 1.54) is 0 Å². The van der Waals surface area contributed by atoms with E-state index in [0.29, 0.717) is 5.82 Å². The Hall–Kier alpha value is -1.08. The normalized spacial score (nSPS) is 17.4. The summed E-state index contributed by atoms with van der Waals surface area (Å²) in [7, 11) is -3.21. The lowest BCUT2D eigenvalue weighted by molar-refractivity contribution is 0.322. The van der Waals surface area contributed by atoms with Crippen molar-refractivity contribution >= 4 is 15.8 Å². The van der Waals surface area contributed by atoms with E-state index >= 15 is 0 Å². The molecule has 84 valence electrons. The highest BCUT2D eigenvalue weighted by atomic mass is 32.2. The van der Waals surface area contributed by atoms with Gasteiger partial charge >= 0.3 is 0 Å². The van der Waals surface area contributed by atoms with Gasteiger partial charge in [-0.3, -0.25) is 4.72 Å². The Morgan fingerprint density at radius 2 is 2.40 bits per heavy atom. The molecule has 15 heavy (non-hydrogen) atoms. The van der Waals surface area contributed by atoms with E-state index in [-0.39, 0.29) is 11.8 Å². The highest BCUT2D eigenvalue weighted by Gasteiger charge is 2.22. The summed E-state index contributed by atoms with van der Waals surface area (Å²) in [4.78, 5) is 0. The molecule has 0 unspecified atom stereocenters. The Kier molecular flexibility index (Phi) is 2.66. The molecular weight excluding hydrogens is 216 g/mol. The first-order chi connectivity index (χ1) is 7.12. The quantitative estimate of drug-likeness (QED) is 0.750. The molecule has 6 nitrogen and oxygen atoms in total. The van der Waals surface area contributed by atoms with E-state index in [0.717, 1.165) is 13.1 Å². The zero-order valence-electron chi connectivity index (χ0n) is 8.47. The number of hydrogen-bond donors (Lipinski definition) is 2. The van der Waals surface area contributed by atoms with Crippen LogP contribution in [0.1, 0.15) is 13.0 Å². The molecule has 0 bridgehead atoms. The molecule has 1 fully saturated rings. The summed E-state index contributed by atoms with van der Waals surface area (Å²) < 4.78 is 27.0. The summed E-state index contributed by atoms with van der Waals surface area (Å²) in [6.45, 7) is 3.28. The van der Waals surface area contributed by atoms with Crippen molar-refractivity contribution in [2.24, 2.45) is 0 Å². The van der Waals surface area contributed by atoms with Crippen molar-refractivity contribution in [3.05, 3.63) is 12.3 Å². The minimum atomic E-state index is -3.21. The average molecular weight is 230 g/mol. The second kappa shape index (κ2) is 3.82. The Morgan fingerprint density at radius 1 is 1.67 bits per heavy atom. The van der Waals surface area contributed by atoms with Gasteiger partial charge in [-0.15, -0.1) is 0 Å². The van der Waals surface area contributed by atoms with Crippen LogP contribution in [0.15, 0.2) is 12.3 Å². The molecule has 1 aliphatic rings. The van der Waals surface area contributed by atoms with E-state index in [1.807, 2.05) is 0 Å². The molecule has 7 heteroatoms. The first kappa shape index (κ1) is 10.4. The SMILES string of the molecule is CCS(=O)(=O)Nc1ccnn1C1CNC1. The van der Waals surface area contributed by atoms with Crippen LogP contribution >= 0.6 is 0 Å². The highest BCUT2D eigenvalue weighted by molar-refractivity contribution is 7.92. The molecular formula is C8H14N4O2S. The van der Waals surface area contributed by atoms with Crippen molar-refractivity contribution in [1.29, 1.82) is 0 Å². The van der Waals surface area contributed by atoms with Crippen molar-refractivity contribution in [2.45, 2.75) is 13.0 Å². The van der Waals surface area contributed by atoms with Gasteiger partial charge in [0.1, 0.15) is 5.82 Å². The van der Waals surface area contributed by atoms with Crippen molar-refractivity contribution in [3.8, 4) is 0 Å². The van der Waals surface area contributed by atoms with E-state index in [1.54, 1.807) is 23.9 Å². The number of nitrogens with one attached hydrogen (secondary N) is 2. The fraction of sp³-hybridized carbons (Fsp3) is 0.625. The summed E-state index contributed by atoms with van der Waals surface area (Å²) in [6, 6.07) is 1.93. The lowest BCUT2D eigenvalue weighted by Crippen LogP contribution is -2.44. The third kappa shape index (κ3) is 2.13. The van der Waals surface area contributed by atoms with Gasteiger partial charge in [-0.1, -0.05) is 0 Å². The molecule has 2 rings (SSSR count). The lowest BCUT2D eigenvalue weighted by Gasteiger charge is -2.28. The van der Waals surface area contributed by atoms with Crippen LogP contribution in [0.4, 0.5) is 5.82 Å². The predicted molar refractivity (Wildman–Crippen MR) is 57.2 cm³/mol. The number of hydrogen-bond acceptors (Lipinski definition) is 4. The van der Waals surface area contributed by atoms with E-state index in [4.69, 9.17) is 0 Å². The Bertz CT molecular complexity index is 435. The van der Waals surface area contributed by atoms with E-state index in [9.17, 15) is 8.42 Å². The van der Waals surface area contributed by atoms with E-state index in [2.05, 4.69) is 15.1 Å². The summed E-state index contributed by atoms with van der Waals surface area (Å²) >= 11 is 0. The van der Waals surface area contributed by atoms with Crippen molar-refractivity contribution in [1.82, 2.24) is 15.1 Å². The topological polar surface area (TPSA) is 76.0 Å². The summed E-state index contributed by atoms with van der Waals surface area (Å²) in [5.74, 6) is 0.615. The monoisotopic (exact) mass is 230 g/mol. The van der Waals surface area contributed by atoms with Gasteiger partial charge < -0.3 is 5.32 Å². The Morgan fingerprint density at radius 3 is 2.93 bits per heavy atom. The van der Waals surface area contributed by atoms with Gasteiger partial charge in [0.25, 0.3) is 0 Å². The molecule has 1 aromatic rings. The van der Waals surface area contributed by atoms with Crippen LogP contribution in [0.3, 0.4) is 0 Å². The number of anilines is 1. The van der Waals surface area contributed by atoms with Gasteiger partial charge in [0.2, 0.25) is 10.0 Å². The molecule has 0 spiro atoms. The predicted octanol–water partition coefficient (Wildman–Crippen LogP) is -0.211.